The van der Waals surface area contributed by atoms with Crippen LogP contribution in [0.5, 0.6) is 0 Å². The van der Waals surface area contributed by atoms with Crippen LogP contribution in [0.25, 0.3) is 0 Å². The van der Waals surface area contributed by atoms with Gasteiger partial charge in [-0.2, -0.15) is 0 Å². The summed E-state index contributed by atoms with van der Waals surface area (Å²) in [5, 5.41) is 2.90. The molecule has 2 rings (SSSR count). The Kier molecular flexibility index (Phi) is 3.81. The summed E-state index contributed by atoms with van der Waals surface area (Å²) in [6.45, 7) is 0.337. The zero-order valence-corrected chi connectivity index (χ0v) is 10.4. The summed E-state index contributed by atoms with van der Waals surface area (Å²) in [6.07, 6.45) is 2.12. The number of likely N-dealkylation sites (N-methyl/N-ethyl adjacent to an activating group) is 1. The monoisotopic (exact) mass is 251 g/mol. The van der Waals surface area contributed by atoms with Crippen molar-refractivity contribution in [3.05, 3.63) is 29.6 Å². The highest BCUT2D eigenvalue weighted by Gasteiger charge is 2.24. The lowest BCUT2D eigenvalue weighted by Crippen LogP contribution is -2.36. The van der Waals surface area contributed by atoms with Crippen LogP contribution >= 0.6 is 0 Å². The van der Waals surface area contributed by atoms with Gasteiger partial charge in [-0.1, -0.05) is 6.07 Å². The Bertz CT molecular complexity index is 446. The molecule has 1 saturated carbocycles. The van der Waals surface area contributed by atoms with E-state index in [9.17, 15) is 9.18 Å². The van der Waals surface area contributed by atoms with Gasteiger partial charge in [-0.15, -0.1) is 0 Å². The van der Waals surface area contributed by atoms with Crippen LogP contribution in [-0.4, -0.2) is 25.5 Å². The van der Waals surface area contributed by atoms with E-state index in [1.165, 1.54) is 6.07 Å². The lowest BCUT2D eigenvalue weighted by atomic mass is 10.1. The third-order valence-electron chi connectivity index (χ3n) is 3.03. The molecule has 1 aromatic rings. The first-order valence-electron chi connectivity index (χ1n) is 6.09. The summed E-state index contributed by atoms with van der Waals surface area (Å²) >= 11 is 0. The van der Waals surface area contributed by atoms with Gasteiger partial charge >= 0.3 is 0 Å². The van der Waals surface area contributed by atoms with Crippen molar-refractivity contribution in [2.45, 2.75) is 25.4 Å². The quantitative estimate of drug-likeness (QED) is 0.820. The number of hydrogen-bond acceptors (Lipinski definition) is 3. The molecule has 0 spiro atoms. The van der Waals surface area contributed by atoms with Crippen molar-refractivity contribution in [3.63, 3.8) is 0 Å². The molecule has 18 heavy (non-hydrogen) atoms. The standard InChI is InChI=1S/C13H18FN3O/c1-17(8-13(18)16-9-5-6-9)12-4-2-3-11(14)10(12)7-15/h2-4,9H,5-8,15H2,1H3,(H,16,18). The molecule has 1 aromatic carbocycles. The molecule has 0 radical (unpaired) electrons. The Morgan fingerprint density at radius 1 is 1.56 bits per heavy atom. The minimum atomic E-state index is -0.329. The van der Waals surface area contributed by atoms with E-state index in [1.807, 2.05) is 0 Å². The van der Waals surface area contributed by atoms with Crippen molar-refractivity contribution in [3.8, 4) is 0 Å². The number of nitrogens with one attached hydrogen (secondary N) is 1. The van der Waals surface area contributed by atoms with E-state index in [4.69, 9.17) is 5.73 Å². The topological polar surface area (TPSA) is 58.4 Å². The number of halogens is 1. The second-order valence-electron chi connectivity index (χ2n) is 4.64. The summed E-state index contributed by atoms with van der Waals surface area (Å²) in [7, 11) is 1.76. The van der Waals surface area contributed by atoms with E-state index >= 15 is 0 Å². The predicted molar refractivity (Wildman–Crippen MR) is 68.7 cm³/mol. The number of hydrogen-bond donors (Lipinski definition) is 2. The van der Waals surface area contributed by atoms with Gasteiger partial charge < -0.3 is 16.0 Å². The van der Waals surface area contributed by atoms with Crippen LogP contribution in [0, 0.1) is 5.82 Å². The van der Waals surface area contributed by atoms with Crippen LogP contribution in [0.4, 0.5) is 10.1 Å². The molecule has 1 fully saturated rings. The molecule has 4 nitrogen and oxygen atoms in total. The Morgan fingerprint density at radius 3 is 2.89 bits per heavy atom. The number of benzene rings is 1. The first kappa shape index (κ1) is 12.8. The number of nitrogens with zero attached hydrogens (tertiary/aromatic N) is 1. The van der Waals surface area contributed by atoms with Gasteiger partial charge in [0.25, 0.3) is 0 Å². The fourth-order valence-corrected chi connectivity index (χ4v) is 1.91. The van der Waals surface area contributed by atoms with Crippen molar-refractivity contribution >= 4 is 11.6 Å². The van der Waals surface area contributed by atoms with Crippen molar-refractivity contribution in [2.24, 2.45) is 5.73 Å². The van der Waals surface area contributed by atoms with Crippen LogP contribution in [-0.2, 0) is 11.3 Å². The maximum Gasteiger partial charge on any atom is 0.239 e. The van der Waals surface area contributed by atoms with E-state index in [2.05, 4.69) is 5.32 Å². The molecule has 0 bridgehead atoms. The van der Waals surface area contributed by atoms with Gasteiger partial charge in [0, 0.05) is 30.9 Å². The molecular formula is C13H18FN3O. The first-order chi connectivity index (χ1) is 8.61. The van der Waals surface area contributed by atoms with Gasteiger partial charge in [0.2, 0.25) is 5.91 Å². The molecular weight excluding hydrogens is 233 g/mol. The Hall–Kier alpha value is -1.62. The minimum absolute atomic E-state index is 0.0350. The molecule has 1 amide bonds. The molecule has 98 valence electrons. The van der Waals surface area contributed by atoms with Gasteiger partial charge in [-0.05, 0) is 25.0 Å². The first-order valence-corrected chi connectivity index (χ1v) is 6.09. The second-order valence-corrected chi connectivity index (χ2v) is 4.64. The molecule has 0 saturated heterocycles. The lowest BCUT2D eigenvalue weighted by Gasteiger charge is -2.21. The molecule has 0 heterocycles. The van der Waals surface area contributed by atoms with Gasteiger partial charge in [-0.3, -0.25) is 4.79 Å². The van der Waals surface area contributed by atoms with Crippen LogP contribution in [0.3, 0.4) is 0 Å². The van der Waals surface area contributed by atoms with Crippen LogP contribution in [0.2, 0.25) is 0 Å². The summed E-state index contributed by atoms with van der Waals surface area (Å²) in [4.78, 5) is 13.4. The van der Waals surface area contributed by atoms with E-state index in [0.29, 0.717) is 17.3 Å². The van der Waals surface area contributed by atoms with E-state index in [-0.39, 0.29) is 24.8 Å². The molecule has 0 aromatic heterocycles. The van der Waals surface area contributed by atoms with Gasteiger partial charge in [0.1, 0.15) is 5.82 Å². The Morgan fingerprint density at radius 2 is 2.28 bits per heavy atom. The zero-order chi connectivity index (χ0) is 13.1. The fraction of sp³-hybridized carbons (Fsp3) is 0.462. The van der Waals surface area contributed by atoms with Gasteiger partial charge in [0.15, 0.2) is 0 Å². The molecule has 5 heteroatoms. The number of carbonyl (C=O) groups excluding carboxylic acids is 1. The lowest BCUT2D eigenvalue weighted by molar-refractivity contribution is -0.119. The smallest absolute Gasteiger partial charge is 0.239 e. The predicted octanol–water partition coefficient (Wildman–Crippen LogP) is 0.999. The van der Waals surface area contributed by atoms with Gasteiger partial charge in [-0.25, -0.2) is 4.39 Å². The molecule has 0 atom stereocenters. The van der Waals surface area contributed by atoms with Crippen LogP contribution < -0.4 is 16.0 Å². The summed E-state index contributed by atoms with van der Waals surface area (Å²) in [5.41, 5.74) is 6.66. The average molecular weight is 251 g/mol. The van der Waals surface area contributed by atoms with E-state index in [1.54, 1.807) is 24.1 Å². The average Bonchev–Trinajstić information content (AvgIpc) is 3.12. The molecule has 1 aliphatic carbocycles. The van der Waals surface area contributed by atoms with Crippen molar-refractivity contribution in [1.82, 2.24) is 5.32 Å². The highest BCUT2D eigenvalue weighted by atomic mass is 19.1. The summed E-state index contributed by atoms with van der Waals surface area (Å²) in [5.74, 6) is -0.364. The van der Waals surface area contributed by atoms with Crippen molar-refractivity contribution < 1.29 is 9.18 Å². The molecule has 0 unspecified atom stereocenters. The van der Waals surface area contributed by atoms with Crippen LogP contribution in [0.1, 0.15) is 18.4 Å². The minimum Gasteiger partial charge on any atom is -0.365 e. The Labute approximate surface area is 106 Å². The number of carbonyl (C=O) groups is 1. The van der Waals surface area contributed by atoms with Crippen molar-refractivity contribution in [2.75, 3.05) is 18.5 Å². The highest BCUT2D eigenvalue weighted by Crippen LogP contribution is 2.22. The summed E-state index contributed by atoms with van der Waals surface area (Å²) in [6, 6.07) is 5.12. The molecule has 0 aliphatic heterocycles. The molecule has 1 aliphatic rings. The van der Waals surface area contributed by atoms with Crippen molar-refractivity contribution in [1.29, 1.82) is 0 Å². The maximum atomic E-state index is 13.6. The second kappa shape index (κ2) is 5.35. The number of rotatable bonds is 5. The van der Waals surface area contributed by atoms with Gasteiger partial charge in [0.05, 0.1) is 6.54 Å². The third-order valence-corrected chi connectivity index (χ3v) is 3.03. The zero-order valence-electron chi connectivity index (χ0n) is 10.4. The number of amides is 1. The van der Waals surface area contributed by atoms with Crippen LogP contribution in [0.15, 0.2) is 18.2 Å². The molecule has 3 N–H and O–H groups in total. The SMILES string of the molecule is CN(CC(=O)NC1CC1)c1cccc(F)c1CN. The Balaban J connectivity index is 2.05. The highest BCUT2D eigenvalue weighted by molar-refractivity contribution is 5.82. The number of anilines is 1. The third kappa shape index (κ3) is 2.98. The maximum absolute atomic E-state index is 13.6. The van der Waals surface area contributed by atoms with E-state index in [0.717, 1.165) is 12.8 Å². The fourth-order valence-electron chi connectivity index (χ4n) is 1.91. The number of nitrogens with two attached hydrogens (primary N) is 1. The summed E-state index contributed by atoms with van der Waals surface area (Å²) < 4.78 is 13.6. The normalized spacial score (nSPS) is 14.4. The largest absolute Gasteiger partial charge is 0.365 e. The van der Waals surface area contributed by atoms with E-state index < -0.39 is 0 Å².